The summed E-state index contributed by atoms with van der Waals surface area (Å²) in [5, 5.41) is 0. The number of aryl methyl sites for hydroxylation is 1. The molecule has 0 radical (unpaired) electrons. The SMILES string of the molecule is Cc1cccc(N2C[C@H](C(=O)Oc3cccc(N4C(=O)[C@@H]5CC[C@@H](C)C[C@H]5C4=O)c3)CC2=O)c1C. The lowest BCUT2D eigenvalue weighted by molar-refractivity contribution is -0.139. The van der Waals surface area contributed by atoms with E-state index < -0.39 is 11.9 Å². The van der Waals surface area contributed by atoms with Crippen LogP contribution < -0.4 is 14.5 Å². The Balaban J connectivity index is 1.30. The number of carbonyl (C=O) groups excluding carboxylic acids is 4. The molecule has 3 aliphatic rings. The molecule has 1 saturated carbocycles. The van der Waals surface area contributed by atoms with E-state index in [1.54, 1.807) is 29.2 Å². The summed E-state index contributed by atoms with van der Waals surface area (Å²) in [4.78, 5) is 54.6. The topological polar surface area (TPSA) is 84.0 Å². The van der Waals surface area contributed by atoms with Crippen LogP contribution in [0.5, 0.6) is 5.75 Å². The smallest absolute Gasteiger partial charge is 0.316 e. The van der Waals surface area contributed by atoms with Gasteiger partial charge in [-0.15, -0.1) is 0 Å². The molecule has 0 unspecified atom stereocenters. The van der Waals surface area contributed by atoms with Gasteiger partial charge in [-0.05, 0) is 68.4 Å². The number of ether oxygens (including phenoxy) is 1. The lowest BCUT2D eigenvalue weighted by atomic mass is 9.76. The Hall–Kier alpha value is -3.48. The summed E-state index contributed by atoms with van der Waals surface area (Å²) >= 11 is 0. The average molecular weight is 475 g/mol. The maximum Gasteiger partial charge on any atom is 0.316 e. The number of amides is 3. The summed E-state index contributed by atoms with van der Waals surface area (Å²) in [5.41, 5.74) is 3.33. The van der Waals surface area contributed by atoms with E-state index >= 15 is 0 Å². The Kier molecular flexibility index (Phi) is 5.95. The second kappa shape index (κ2) is 8.95. The van der Waals surface area contributed by atoms with Crippen LogP contribution in [0.15, 0.2) is 42.5 Å². The second-order valence-corrected chi connectivity index (χ2v) is 10.2. The Morgan fingerprint density at radius 3 is 2.51 bits per heavy atom. The van der Waals surface area contributed by atoms with Crippen LogP contribution in [0, 0.1) is 37.5 Å². The van der Waals surface area contributed by atoms with E-state index in [-0.39, 0.29) is 48.3 Å². The number of benzene rings is 2. The summed E-state index contributed by atoms with van der Waals surface area (Å²) in [6.45, 7) is 6.33. The third kappa shape index (κ3) is 4.13. The quantitative estimate of drug-likeness (QED) is 0.377. The molecule has 3 amide bonds. The van der Waals surface area contributed by atoms with Crippen molar-refractivity contribution in [3.05, 3.63) is 53.6 Å². The molecule has 4 atom stereocenters. The minimum Gasteiger partial charge on any atom is -0.426 e. The maximum absolute atomic E-state index is 13.1. The number of rotatable bonds is 4. The normalized spacial score (nSPS) is 26.3. The largest absolute Gasteiger partial charge is 0.426 e. The number of imide groups is 1. The zero-order valence-electron chi connectivity index (χ0n) is 20.3. The van der Waals surface area contributed by atoms with E-state index in [0.717, 1.165) is 36.1 Å². The van der Waals surface area contributed by atoms with E-state index in [0.29, 0.717) is 11.6 Å². The lowest BCUT2D eigenvalue weighted by Crippen LogP contribution is -2.31. The number of hydrogen-bond acceptors (Lipinski definition) is 5. The van der Waals surface area contributed by atoms with Crippen molar-refractivity contribution >= 4 is 35.1 Å². The first kappa shape index (κ1) is 23.3. The van der Waals surface area contributed by atoms with E-state index in [9.17, 15) is 19.2 Å². The van der Waals surface area contributed by atoms with Gasteiger partial charge in [0.2, 0.25) is 17.7 Å². The molecule has 0 N–H and O–H groups in total. The summed E-state index contributed by atoms with van der Waals surface area (Å²) in [6.07, 6.45) is 2.49. The second-order valence-electron chi connectivity index (χ2n) is 10.2. The van der Waals surface area contributed by atoms with E-state index in [4.69, 9.17) is 4.74 Å². The van der Waals surface area contributed by atoms with Crippen molar-refractivity contribution in [2.24, 2.45) is 23.7 Å². The number of fused-ring (bicyclic) bond motifs is 1. The molecule has 3 fully saturated rings. The van der Waals surface area contributed by atoms with Crippen LogP contribution >= 0.6 is 0 Å². The first-order valence-electron chi connectivity index (χ1n) is 12.3. The molecular weight excluding hydrogens is 444 g/mol. The number of carbonyl (C=O) groups is 4. The molecule has 7 nitrogen and oxygen atoms in total. The van der Waals surface area contributed by atoms with Gasteiger partial charge in [0.25, 0.3) is 0 Å². The molecule has 5 rings (SSSR count). The first-order chi connectivity index (χ1) is 16.7. The molecule has 2 heterocycles. The highest BCUT2D eigenvalue weighted by atomic mass is 16.5. The highest BCUT2D eigenvalue weighted by Crippen LogP contribution is 2.42. The van der Waals surface area contributed by atoms with E-state index in [2.05, 4.69) is 6.92 Å². The number of anilines is 2. The van der Waals surface area contributed by atoms with Crippen molar-refractivity contribution in [3.63, 3.8) is 0 Å². The third-order valence-corrected chi connectivity index (χ3v) is 7.81. The Bertz CT molecular complexity index is 1220. The fourth-order valence-corrected chi connectivity index (χ4v) is 5.66. The van der Waals surface area contributed by atoms with Crippen LogP contribution in [-0.2, 0) is 19.2 Å². The molecule has 2 aliphatic heterocycles. The van der Waals surface area contributed by atoms with Crippen LogP contribution in [0.4, 0.5) is 11.4 Å². The van der Waals surface area contributed by atoms with Gasteiger partial charge in [0, 0.05) is 24.7 Å². The zero-order valence-corrected chi connectivity index (χ0v) is 20.3. The lowest BCUT2D eigenvalue weighted by Gasteiger charge is -2.25. The van der Waals surface area contributed by atoms with Gasteiger partial charge in [0.1, 0.15) is 5.75 Å². The molecule has 35 heavy (non-hydrogen) atoms. The van der Waals surface area contributed by atoms with Gasteiger partial charge < -0.3 is 9.64 Å². The van der Waals surface area contributed by atoms with Gasteiger partial charge in [-0.2, -0.15) is 0 Å². The minimum absolute atomic E-state index is 0.0799. The summed E-state index contributed by atoms with van der Waals surface area (Å²) in [5.74, 6) is -1.37. The molecule has 7 heteroatoms. The highest BCUT2D eigenvalue weighted by Gasteiger charge is 2.50. The Labute approximate surface area is 205 Å². The van der Waals surface area contributed by atoms with Crippen molar-refractivity contribution in [2.45, 2.75) is 46.5 Å². The molecule has 2 aromatic rings. The van der Waals surface area contributed by atoms with Gasteiger partial charge >= 0.3 is 5.97 Å². The molecular formula is C28H30N2O5. The van der Waals surface area contributed by atoms with Gasteiger partial charge in [-0.3, -0.25) is 19.2 Å². The van der Waals surface area contributed by atoms with E-state index in [1.807, 2.05) is 32.0 Å². The molecule has 0 spiro atoms. The van der Waals surface area contributed by atoms with Gasteiger partial charge in [-0.25, -0.2) is 4.90 Å². The highest BCUT2D eigenvalue weighted by molar-refractivity contribution is 6.22. The van der Waals surface area contributed by atoms with Crippen LogP contribution in [-0.4, -0.2) is 30.2 Å². The van der Waals surface area contributed by atoms with Crippen LogP contribution in [0.1, 0.15) is 43.7 Å². The van der Waals surface area contributed by atoms with Crippen molar-refractivity contribution in [3.8, 4) is 5.75 Å². The van der Waals surface area contributed by atoms with Crippen molar-refractivity contribution < 1.29 is 23.9 Å². The first-order valence-corrected chi connectivity index (χ1v) is 12.3. The predicted molar refractivity (Wildman–Crippen MR) is 131 cm³/mol. The molecule has 2 saturated heterocycles. The summed E-state index contributed by atoms with van der Waals surface area (Å²) in [7, 11) is 0. The molecule has 0 bridgehead atoms. The van der Waals surface area contributed by atoms with Crippen molar-refractivity contribution in [1.29, 1.82) is 0 Å². The van der Waals surface area contributed by atoms with Crippen LogP contribution in [0.2, 0.25) is 0 Å². The van der Waals surface area contributed by atoms with Gasteiger partial charge in [0.05, 0.1) is 23.4 Å². The average Bonchev–Trinajstić information content (AvgIpc) is 3.33. The van der Waals surface area contributed by atoms with Crippen molar-refractivity contribution in [1.82, 2.24) is 0 Å². The minimum atomic E-state index is -0.592. The monoisotopic (exact) mass is 474 g/mol. The maximum atomic E-state index is 13.1. The number of hydrogen-bond donors (Lipinski definition) is 0. The zero-order chi connectivity index (χ0) is 24.9. The van der Waals surface area contributed by atoms with Gasteiger partial charge in [0.15, 0.2) is 0 Å². The fourth-order valence-electron chi connectivity index (χ4n) is 5.66. The number of esters is 1. The predicted octanol–water partition coefficient (Wildman–Crippen LogP) is 4.19. The Morgan fingerprint density at radius 1 is 0.971 bits per heavy atom. The molecule has 0 aromatic heterocycles. The standard InChI is InChI=1S/C28H30N2O5/c1-16-10-11-22-23(12-16)27(33)30(26(22)32)20-7-5-8-21(14-20)35-28(34)19-13-25(31)29(15-19)24-9-4-6-17(2)18(24)3/h4-9,14,16,19,22-23H,10-13,15H2,1-3H3/t16-,19-,22-,23-/m1/s1. The molecule has 2 aromatic carbocycles. The van der Waals surface area contributed by atoms with Crippen LogP contribution in [0.3, 0.4) is 0 Å². The molecule has 1 aliphatic carbocycles. The van der Waals surface area contributed by atoms with Gasteiger partial charge in [-0.1, -0.05) is 25.1 Å². The third-order valence-electron chi connectivity index (χ3n) is 7.81. The fraction of sp³-hybridized carbons (Fsp3) is 0.429. The van der Waals surface area contributed by atoms with E-state index in [1.165, 1.54) is 4.90 Å². The summed E-state index contributed by atoms with van der Waals surface area (Å²) < 4.78 is 5.62. The van der Waals surface area contributed by atoms with Crippen molar-refractivity contribution in [2.75, 3.05) is 16.3 Å². The number of nitrogens with zero attached hydrogens (tertiary/aromatic N) is 2. The van der Waals surface area contributed by atoms with Crippen LogP contribution in [0.25, 0.3) is 0 Å². The summed E-state index contributed by atoms with van der Waals surface area (Å²) in [6, 6.07) is 12.3. The Morgan fingerprint density at radius 2 is 1.71 bits per heavy atom. The molecule has 182 valence electrons.